The number of nitrogens with one attached hydrogen (secondary N) is 1. The summed E-state index contributed by atoms with van der Waals surface area (Å²) >= 11 is 0. The SMILES string of the molecule is CC(O)(C1CCCNC1)C1(C#N)CCS(=O)(=O)C1. The highest BCUT2D eigenvalue weighted by Crippen LogP contribution is 2.46. The molecule has 102 valence electrons. The number of hydrogen-bond acceptors (Lipinski definition) is 5. The predicted octanol–water partition coefficient (Wildman–Crippen LogP) is 0.0655. The van der Waals surface area contributed by atoms with Crippen molar-refractivity contribution in [2.45, 2.75) is 31.8 Å². The Morgan fingerprint density at radius 3 is 2.72 bits per heavy atom. The molecular formula is C12H20N2O3S. The van der Waals surface area contributed by atoms with Crippen molar-refractivity contribution >= 4 is 9.84 Å². The van der Waals surface area contributed by atoms with E-state index in [-0.39, 0.29) is 23.8 Å². The van der Waals surface area contributed by atoms with Crippen LogP contribution < -0.4 is 5.32 Å². The van der Waals surface area contributed by atoms with Crippen LogP contribution in [-0.2, 0) is 9.84 Å². The third-order valence-electron chi connectivity index (χ3n) is 4.58. The van der Waals surface area contributed by atoms with Crippen LogP contribution in [0.3, 0.4) is 0 Å². The molecule has 2 rings (SSSR count). The second kappa shape index (κ2) is 4.48. The number of aliphatic hydroxyl groups is 1. The van der Waals surface area contributed by atoms with Gasteiger partial charge in [-0.25, -0.2) is 8.42 Å². The maximum atomic E-state index is 11.7. The van der Waals surface area contributed by atoms with Crippen molar-refractivity contribution in [1.82, 2.24) is 5.32 Å². The van der Waals surface area contributed by atoms with Crippen LogP contribution in [0.25, 0.3) is 0 Å². The van der Waals surface area contributed by atoms with Crippen LogP contribution in [0, 0.1) is 22.7 Å². The average Bonchev–Trinajstić information content (AvgIpc) is 2.68. The number of hydrogen-bond donors (Lipinski definition) is 2. The summed E-state index contributed by atoms with van der Waals surface area (Å²) in [5.41, 5.74) is -2.39. The van der Waals surface area contributed by atoms with Crippen molar-refractivity contribution in [1.29, 1.82) is 5.26 Å². The van der Waals surface area contributed by atoms with Crippen LogP contribution in [0.1, 0.15) is 26.2 Å². The minimum absolute atomic E-state index is 0.0108. The first-order valence-corrected chi connectivity index (χ1v) is 8.20. The van der Waals surface area contributed by atoms with Crippen molar-refractivity contribution in [2.75, 3.05) is 24.6 Å². The van der Waals surface area contributed by atoms with Gasteiger partial charge >= 0.3 is 0 Å². The van der Waals surface area contributed by atoms with E-state index in [1.807, 2.05) is 0 Å². The fourth-order valence-electron chi connectivity index (χ4n) is 3.17. The molecule has 6 heteroatoms. The average molecular weight is 272 g/mol. The Kier molecular flexibility index (Phi) is 3.43. The van der Waals surface area contributed by atoms with Crippen molar-refractivity contribution in [3.05, 3.63) is 0 Å². The van der Waals surface area contributed by atoms with Crippen LogP contribution in [-0.4, -0.2) is 43.7 Å². The molecule has 5 nitrogen and oxygen atoms in total. The van der Waals surface area contributed by atoms with Gasteiger partial charge in [0.15, 0.2) is 9.84 Å². The molecule has 0 spiro atoms. The summed E-state index contributed by atoms with van der Waals surface area (Å²) < 4.78 is 23.3. The van der Waals surface area contributed by atoms with Gasteiger partial charge in [-0.05, 0) is 32.7 Å². The number of piperidine rings is 1. The smallest absolute Gasteiger partial charge is 0.152 e. The van der Waals surface area contributed by atoms with E-state index in [9.17, 15) is 18.8 Å². The van der Waals surface area contributed by atoms with E-state index in [2.05, 4.69) is 11.4 Å². The van der Waals surface area contributed by atoms with Gasteiger partial charge in [0, 0.05) is 12.5 Å². The molecule has 2 fully saturated rings. The van der Waals surface area contributed by atoms with E-state index in [1.54, 1.807) is 6.92 Å². The summed E-state index contributed by atoms with van der Waals surface area (Å²) in [6.07, 6.45) is 2.04. The molecule has 0 aromatic carbocycles. The Labute approximate surface area is 108 Å². The molecule has 3 atom stereocenters. The molecule has 0 saturated carbocycles. The fraction of sp³-hybridized carbons (Fsp3) is 0.917. The number of sulfone groups is 1. The minimum Gasteiger partial charge on any atom is -0.388 e. The van der Waals surface area contributed by atoms with E-state index >= 15 is 0 Å². The molecule has 0 aliphatic carbocycles. The highest BCUT2D eigenvalue weighted by Gasteiger charge is 2.57. The minimum atomic E-state index is -3.19. The van der Waals surface area contributed by atoms with Gasteiger partial charge in [0.05, 0.1) is 23.2 Å². The Morgan fingerprint density at radius 2 is 2.28 bits per heavy atom. The molecule has 0 aromatic heterocycles. The maximum Gasteiger partial charge on any atom is 0.152 e. The van der Waals surface area contributed by atoms with Gasteiger partial charge < -0.3 is 10.4 Å². The molecule has 0 bridgehead atoms. The molecule has 0 aromatic rings. The van der Waals surface area contributed by atoms with Gasteiger partial charge in [-0.15, -0.1) is 0 Å². The summed E-state index contributed by atoms with van der Waals surface area (Å²) in [6, 6.07) is 2.11. The summed E-state index contributed by atoms with van der Waals surface area (Å²) in [5.74, 6) is -0.254. The highest BCUT2D eigenvalue weighted by atomic mass is 32.2. The lowest BCUT2D eigenvalue weighted by atomic mass is 9.65. The van der Waals surface area contributed by atoms with Crippen molar-refractivity contribution in [2.24, 2.45) is 11.3 Å². The first-order valence-electron chi connectivity index (χ1n) is 6.38. The first kappa shape index (κ1) is 13.8. The first-order chi connectivity index (χ1) is 8.33. The van der Waals surface area contributed by atoms with Crippen molar-refractivity contribution in [3.8, 4) is 6.07 Å². The molecule has 2 aliphatic rings. The second-order valence-corrected chi connectivity index (χ2v) is 7.91. The second-order valence-electron chi connectivity index (χ2n) is 5.73. The molecule has 2 aliphatic heterocycles. The lowest BCUT2D eigenvalue weighted by molar-refractivity contribution is -0.0826. The normalized spacial score (nSPS) is 38.8. The quantitative estimate of drug-likeness (QED) is 0.742. The third kappa shape index (κ3) is 2.15. The topological polar surface area (TPSA) is 90.2 Å². The Hall–Kier alpha value is -0.640. The maximum absolute atomic E-state index is 11.7. The van der Waals surface area contributed by atoms with Gasteiger partial charge in [0.2, 0.25) is 0 Å². The number of rotatable bonds is 2. The molecule has 0 amide bonds. The van der Waals surface area contributed by atoms with Gasteiger partial charge in [0.1, 0.15) is 5.41 Å². The molecule has 0 radical (unpaired) electrons. The van der Waals surface area contributed by atoms with E-state index in [0.29, 0.717) is 6.54 Å². The van der Waals surface area contributed by atoms with Gasteiger partial charge in [-0.2, -0.15) is 5.26 Å². The van der Waals surface area contributed by atoms with Crippen LogP contribution in [0.15, 0.2) is 0 Å². The summed E-state index contributed by atoms with van der Waals surface area (Å²) in [6.45, 7) is 3.20. The Balaban J connectivity index is 2.29. The molecule has 2 saturated heterocycles. The largest absolute Gasteiger partial charge is 0.388 e. The summed E-state index contributed by atoms with van der Waals surface area (Å²) in [5, 5.41) is 23.4. The molecule has 3 unspecified atom stereocenters. The van der Waals surface area contributed by atoms with Crippen LogP contribution in [0.5, 0.6) is 0 Å². The van der Waals surface area contributed by atoms with Gasteiger partial charge in [0.25, 0.3) is 0 Å². The third-order valence-corrected chi connectivity index (χ3v) is 6.34. The summed E-state index contributed by atoms with van der Waals surface area (Å²) in [4.78, 5) is 0. The van der Waals surface area contributed by atoms with Crippen LogP contribution >= 0.6 is 0 Å². The van der Waals surface area contributed by atoms with Gasteiger partial charge in [-0.3, -0.25) is 0 Å². The molecule has 2 N–H and O–H groups in total. The van der Waals surface area contributed by atoms with E-state index in [1.165, 1.54) is 0 Å². The zero-order valence-corrected chi connectivity index (χ0v) is 11.5. The Bertz CT molecular complexity index is 460. The van der Waals surface area contributed by atoms with Crippen LogP contribution in [0.4, 0.5) is 0 Å². The van der Waals surface area contributed by atoms with E-state index < -0.39 is 20.9 Å². The fourth-order valence-corrected chi connectivity index (χ4v) is 5.23. The lowest BCUT2D eigenvalue weighted by Crippen LogP contribution is -2.55. The zero-order chi connectivity index (χ0) is 13.4. The summed E-state index contributed by atoms with van der Waals surface area (Å²) in [7, 11) is -3.19. The molecule has 2 heterocycles. The highest BCUT2D eigenvalue weighted by molar-refractivity contribution is 7.91. The molecular weight excluding hydrogens is 252 g/mol. The monoisotopic (exact) mass is 272 g/mol. The van der Waals surface area contributed by atoms with Crippen molar-refractivity contribution < 1.29 is 13.5 Å². The predicted molar refractivity (Wildman–Crippen MR) is 67.5 cm³/mol. The number of nitriles is 1. The van der Waals surface area contributed by atoms with Crippen molar-refractivity contribution in [3.63, 3.8) is 0 Å². The van der Waals surface area contributed by atoms with E-state index in [0.717, 1.165) is 19.4 Å². The number of nitrogens with zero attached hydrogens (tertiary/aromatic N) is 1. The van der Waals surface area contributed by atoms with E-state index in [4.69, 9.17) is 0 Å². The van der Waals surface area contributed by atoms with Crippen LogP contribution in [0.2, 0.25) is 0 Å². The van der Waals surface area contributed by atoms with Gasteiger partial charge in [-0.1, -0.05) is 0 Å². The molecule has 18 heavy (non-hydrogen) atoms. The lowest BCUT2D eigenvalue weighted by Gasteiger charge is -2.44. The zero-order valence-electron chi connectivity index (χ0n) is 10.6. The standard InChI is InChI=1S/C12H20N2O3S/c1-11(15,10-3-2-5-14-7-10)12(8-13)4-6-18(16,17)9-12/h10,14-15H,2-7,9H2,1H3. The Morgan fingerprint density at radius 1 is 1.56 bits per heavy atom.